The molecule has 0 radical (unpaired) electrons. The van der Waals surface area contributed by atoms with Crippen LogP contribution < -0.4 is 4.74 Å². The monoisotopic (exact) mass is 416 g/mol. The molecule has 29 heavy (non-hydrogen) atoms. The second-order valence-electron chi connectivity index (χ2n) is 7.79. The SMILES string of the molecule is CC1CCC(CCC(F)(F)Oc2cc(F)c(-c3ccc(F)c(F)c3)c(F)c2)CC1. The molecule has 0 unspecified atom stereocenters. The van der Waals surface area contributed by atoms with Crippen LogP contribution in [0.5, 0.6) is 5.75 Å². The molecule has 1 nitrogen and oxygen atoms in total. The van der Waals surface area contributed by atoms with E-state index in [1.165, 1.54) is 0 Å². The van der Waals surface area contributed by atoms with Crippen LogP contribution in [0.2, 0.25) is 0 Å². The Balaban J connectivity index is 1.70. The number of halogens is 6. The topological polar surface area (TPSA) is 9.23 Å². The van der Waals surface area contributed by atoms with E-state index in [9.17, 15) is 26.3 Å². The van der Waals surface area contributed by atoms with Crippen LogP contribution in [0.1, 0.15) is 45.4 Å². The van der Waals surface area contributed by atoms with Gasteiger partial charge in [-0.1, -0.05) is 38.7 Å². The summed E-state index contributed by atoms with van der Waals surface area (Å²) < 4.78 is 87.9. The molecule has 0 N–H and O–H groups in total. The zero-order valence-electron chi connectivity index (χ0n) is 16.0. The van der Waals surface area contributed by atoms with Gasteiger partial charge in [-0.15, -0.1) is 0 Å². The number of hydrogen-bond acceptors (Lipinski definition) is 1. The summed E-state index contributed by atoms with van der Waals surface area (Å²) in [6.07, 6.45) is -0.0198. The molecule has 2 aromatic carbocycles. The molecule has 0 spiro atoms. The fourth-order valence-electron chi connectivity index (χ4n) is 3.75. The standard InChI is InChI=1S/C22H22F6O/c1-13-2-4-14(5-3-13)8-9-22(27,28)29-16-11-19(25)21(20(26)12-16)15-6-7-17(23)18(24)10-15/h6-7,10-14H,2-5,8-9H2,1H3. The molecule has 1 fully saturated rings. The van der Waals surface area contributed by atoms with Gasteiger partial charge in [0.1, 0.15) is 17.4 Å². The molecule has 0 heterocycles. The first kappa shape index (κ1) is 21.5. The van der Waals surface area contributed by atoms with Gasteiger partial charge in [0.15, 0.2) is 11.6 Å². The van der Waals surface area contributed by atoms with Crippen molar-refractivity contribution in [2.24, 2.45) is 11.8 Å². The highest BCUT2D eigenvalue weighted by Crippen LogP contribution is 2.36. The van der Waals surface area contributed by atoms with Crippen LogP contribution in [0.4, 0.5) is 26.3 Å². The van der Waals surface area contributed by atoms with Crippen LogP contribution in [0.25, 0.3) is 11.1 Å². The average Bonchev–Trinajstić information content (AvgIpc) is 2.63. The smallest absolute Gasteiger partial charge is 0.397 e. The predicted octanol–water partition coefficient (Wildman–Crippen LogP) is 7.49. The lowest BCUT2D eigenvalue weighted by Crippen LogP contribution is -2.26. The van der Waals surface area contributed by atoms with Gasteiger partial charge >= 0.3 is 6.11 Å². The van der Waals surface area contributed by atoms with Crippen LogP contribution in [0, 0.1) is 35.1 Å². The third-order valence-corrected chi connectivity index (χ3v) is 5.47. The molecule has 0 atom stereocenters. The van der Waals surface area contributed by atoms with E-state index < -0.39 is 47.1 Å². The Labute approximate surface area is 165 Å². The number of rotatable bonds is 6. The number of ether oxygens (including phenoxy) is 1. The van der Waals surface area contributed by atoms with Crippen molar-refractivity contribution in [3.05, 3.63) is 53.6 Å². The fourth-order valence-corrected chi connectivity index (χ4v) is 3.75. The molecule has 1 saturated carbocycles. The molecule has 1 aliphatic carbocycles. The van der Waals surface area contributed by atoms with Crippen molar-refractivity contribution in [2.45, 2.75) is 51.6 Å². The summed E-state index contributed by atoms with van der Waals surface area (Å²) >= 11 is 0. The van der Waals surface area contributed by atoms with E-state index in [2.05, 4.69) is 11.7 Å². The van der Waals surface area contributed by atoms with Gasteiger partial charge in [0, 0.05) is 12.1 Å². The molecule has 0 saturated heterocycles. The second-order valence-corrected chi connectivity index (χ2v) is 7.79. The number of benzene rings is 2. The van der Waals surface area contributed by atoms with Gasteiger partial charge in [0.25, 0.3) is 0 Å². The fraction of sp³-hybridized carbons (Fsp3) is 0.455. The molecule has 1 aliphatic rings. The van der Waals surface area contributed by atoms with Crippen LogP contribution in [-0.2, 0) is 0 Å². The van der Waals surface area contributed by atoms with E-state index in [0.717, 1.165) is 37.8 Å². The largest absolute Gasteiger partial charge is 0.432 e. The zero-order valence-corrected chi connectivity index (χ0v) is 16.0. The Morgan fingerprint density at radius 1 is 0.862 bits per heavy atom. The Hall–Kier alpha value is -2.18. The molecule has 158 valence electrons. The summed E-state index contributed by atoms with van der Waals surface area (Å²) in [6.45, 7) is 2.14. The maximum absolute atomic E-state index is 14.3. The van der Waals surface area contributed by atoms with Crippen molar-refractivity contribution >= 4 is 0 Å². The Morgan fingerprint density at radius 3 is 2.07 bits per heavy atom. The van der Waals surface area contributed by atoms with Gasteiger partial charge in [-0.25, -0.2) is 17.6 Å². The summed E-state index contributed by atoms with van der Waals surface area (Å²) in [7, 11) is 0. The van der Waals surface area contributed by atoms with Crippen LogP contribution in [0.3, 0.4) is 0 Å². The van der Waals surface area contributed by atoms with Crippen molar-refractivity contribution in [3.8, 4) is 16.9 Å². The number of alkyl halides is 2. The Morgan fingerprint density at radius 2 is 1.48 bits per heavy atom. The lowest BCUT2D eigenvalue weighted by Gasteiger charge is -2.27. The minimum absolute atomic E-state index is 0.199. The lowest BCUT2D eigenvalue weighted by molar-refractivity contribution is -0.183. The molecule has 0 bridgehead atoms. The van der Waals surface area contributed by atoms with E-state index in [0.29, 0.717) is 24.1 Å². The van der Waals surface area contributed by atoms with Gasteiger partial charge in [-0.2, -0.15) is 8.78 Å². The Kier molecular flexibility index (Phi) is 6.44. The van der Waals surface area contributed by atoms with Crippen LogP contribution in [0.15, 0.2) is 30.3 Å². The molecular weight excluding hydrogens is 394 g/mol. The van der Waals surface area contributed by atoms with Crippen molar-refractivity contribution in [3.63, 3.8) is 0 Å². The highest BCUT2D eigenvalue weighted by molar-refractivity contribution is 5.66. The minimum Gasteiger partial charge on any atom is -0.432 e. The van der Waals surface area contributed by atoms with Crippen LogP contribution >= 0.6 is 0 Å². The van der Waals surface area contributed by atoms with E-state index in [4.69, 9.17) is 0 Å². The summed E-state index contributed by atoms with van der Waals surface area (Å²) in [6, 6.07) is 3.61. The van der Waals surface area contributed by atoms with Gasteiger partial charge in [0.2, 0.25) is 0 Å². The van der Waals surface area contributed by atoms with Gasteiger partial charge in [-0.3, -0.25) is 0 Å². The molecule has 0 aliphatic heterocycles. The maximum Gasteiger partial charge on any atom is 0.397 e. The van der Waals surface area contributed by atoms with Gasteiger partial charge < -0.3 is 4.74 Å². The normalized spacial score (nSPS) is 20.0. The third-order valence-electron chi connectivity index (χ3n) is 5.47. The first-order valence-electron chi connectivity index (χ1n) is 9.66. The summed E-state index contributed by atoms with van der Waals surface area (Å²) in [5.74, 6) is -4.70. The summed E-state index contributed by atoms with van der Waals surface area (Å²) in [4.78, 5) is 0. The quantitative estimate of drug-likeness (QED) is 0.443. The highest BCUT2D eigenvalue weighted by Gasteiger charge is 2.33. The molecule has 7 heteroatoms. The van der Waals surface area contributed by atoms with E-state index in [-0.39, 0.29) is 17.9 Å². The van der Waals surface area contributed by atoms with Crippen molar-refractivity contribution < 1.29 is 31.1 Å². The summed E-state index contributed by atoms with van der Waals surface area (Å²) in [5.41, 5.74) is -0.889. The minimum atomic E-state index is -3.56. The molecule has 2 aromatic rings. The molecule has 0 aromatic heterocycles. The number of hydrogen-bond donors (Lipinski definition) is 0. The molecule has 0 amide bonds. The van der Waals surface area contributed by atoms with E-state index in [1.807, 2.05) is 0 Å². The van der Waals surface area contributed by atoms with Crippen molar-refractivity contribution in [1.29, 1.82) is 0 Å². The Bertz CT molecular complexity index is 835. The average molecular weight is 416 g/mol. The second kappa shape index (κ2) is 8.67. The van der Waals surface area contributed by atoms with E-state index >= 15 is 0 Å². The van der Waals surface area contributed by atoms with Gasteiger partial charge in [-0.05, 0) is 36.0 Å². The molecular formula is C22H22F6O. The van der Waals surface area contributed by atoms with Gasteiger partial charge in [0.05, 0.1) is 12.0 Å². The highest BCUT2D eigenvalue weighted by atomic mass is 19.3. The maximum atomic E-state index is 14.3. The van der Waals surface area contributed by atoms with Crippen molar-refractivity contribution in [1.82, 2.24) is 0 Å². The third kappa shape index (κ3) is 5.46. The first-order valence-corrected chi connectivity index (χ1v) is 9.66. The zero-order chi connectivity index (χ0) is 21.2. The predicted molar refractivity (Wildman–Crippen MR) is 97.6 cm³/mol. The lowest BCUT2D eigenvalue weighted by atomic mass is 9.81. The first-order chi connectivity index (χ1) is 13.6. The van der Waals surface area contributed by atoms with Crippen molar-refractivity contribution in [2.75, 3.05) is 0 Å². The molecule has 3 rings (SSSR count). The van der Waals surface area contributed by atoms with E-state index in [1.54, 1.807) is 0 Å². The summed E-state index contributed by atoms with van der Waals surface area (Å²) in [5, 5.41) is 0. The van der Waals surface area contributed by atoms with Crippen LogP contribution in [-0.4, -0.2) is 6.11 Å².